The Morgan fingerprint density at radius 3 is 2.15 bits per heavy atom. The van der Waals surface area contributed by atoms with Gasteiger partial charge in [0, 0.05) is 13.1 Å². The second kappa shape index (κ2) is 14.5. The van der Waals surface area contributed by atoms with Crippen molar-refractivity contribution in [3.05, 3.63) is 90.0 Å². The molecule has 3 aromatic carbocycles. The summed E-state index contributed by atoms with van der Waals surface area (Å²) in [6.07, 6.45) is 1.68. The van der Waals surface area contributed by atoms with Crippen molar-refractivity contribution in [3.8, 4) is 5.75 Å². The lowest BCUT2D eigenvalue weighted by Crippen LogP contribution is -2.53. The summed E-state index contributed by atoms with van der Waals surface area (Å²) in [7, 11) is -2.58. The molecule has 8 nitrogen and oxygen atoms in total. The van der Waals surface area contributed by atoms with Crippen LogP contribution in [-0.2, 0) is 26.0 Å². The van der Waals surface area contributed by atoms with E-state index in [2.05, 4.69) is 5.32 Å². The first-order valence-corrected chi connectivity index (χ1v) is 15.0. The van der Waals surface area contributed by atoms with Gasteiger partial charge >= 0.3 is 0 Å². The number of carbonyl (C=O) groups is 2. The molecule has 3 aromatic rings. The van der Waals surface area contributed by atoms with E-state index >= 15 is 0 Å². The molecule has 0 saturated heterocycles. The van der Waals surface area contributed by atoms with Crippen LogP contribution >= 0.6 is 0 Å². The first-order chi connectivity index (χ1) is 19.2. The Kier molecular flexibility index (Phi) is 11.1. The van der Waals surface area contributed by atoms with Crippen molar-refractivity contribution >= 4 is 27.5 Å². The highest BCUT2D eigenvalue weighted by Gasteiger charge is 2.33. The van der Waals surface area contributed by atoms with Crippen molar-refractivity contribution in [2.75, 3.05) is 31.0 Å². The zero-order valence-corrected chi connectivity index (χ0v) is 24.5. The summed E-state index contributed by atoms with van der Waals surface area (Å²) in [4.78, 5) is 28.7. The predicted molar refractivity (Wildman–Crippen MR) is 158 cm³/mol. The minimum Gasteiger partial charge on any atom is -0.497 e. The van der Waals surface area contributed by atoms with Gasteiger partial charge in [0.25, 0.3) is 10.0 Å². The van der Waals surface area contributed by atoms with E-state index < -0.39 is 28.5 Å². The standard InChI is InChI=1S/C31H39N3O5S/c1-5-21-32-31(36)29(6-2)33(22-20-25-10-8-7-9-11-25)30(35)23-34(26-14-16-27(39-4)17-15-26)40(37,38)28-18-12-24(3)13-19-28/h7-19,29H,5-6,20-23H2,1-4H3,(H,32,36). The van der Waals surface area contributed by atoms with Crippen LogP contribution in [0.4, 0.5) is 5.69 Å². The molecule has 40 heavy (non-hydrogen) atoms. The van der Waals surface area contributed by atoms with Gasteiger partial charge in [-0.1, -0.05) is 61.9 Å². The predicted octanol–water partition coefficient (Wildman–Crippen LogP) is 4.58. The van der Waals surface area contributed by atoms with Crippen molar-refractivity contribution in [2.24, 2.45) is 0 Å². The fourth-order valence-electron chi connectivity index (χ4n) is 4.38. The Morgan fingerprint density at radius 1 is 0.925 bits per heavy atom. The number of nitrogens with zero attached hydrogens (tertiary/aromatic N) is 2. The van der Waals surface area contributed by atoms with Crippen LogP contribution in [0.3, 0.4) is 0 Å². The van der Waals surface area contributed by atoms with Gasteiger partial charge in [0.15, 0.2) is 0 Å². The van der Waals surface area contributed by atoms with Gasteiger partial charge in [0.05, 0.1) is 17.7 Å². The van der Waals surface area contributed by atoms with E-state index in [9.17, 15) is 18.0 Å². The van der Waals surface area contributed by atoms with Crippen LogP contribution in [0.5, 0.6) is 5.75 Å². The number of nitrogens with one attached hydrogen (secondary N) is 1. The summed E-state index contributed by atoms with van der Waals surface area (Å²) in [6.45, 7) is 5.98. The molecule has 1 N–H and O–H groups in total. The summed E-state index contributed by atoms with van der Waals surface area (Å²) in [6, 6.07) is 22.0. The Morgan fingerprint density at radius 2 is 1.57 bits per heavy atom. The van der Waals surface area contributed by atoms with Crippen LogP contribution in [0.15, 0.2) is 83.8 Å². The average molecular weight is 566 g/mol. The molecule has 0 spiro atoms. The van der Waals surface area contributed by atoms with Crippen molar-refractivity contribution < 1.29 is 22.7 Å². The van der Waals surface area contributed by atoms with Gasteiger partial charge in [-0.3, -0.25) is 13.9 Å². The van der Waals surface area contributed by atoms with Gasteiger partial charge in [-0.05, 0) is 68.1 Å². The third-order valence-electron chi connectivity index (χ3n) is 6.67. The van der Waals surface area contributed by atoms with Gasteiger partial charge in [0.1, 0.15) is 18.3 Å². The third kappa shape index (κ3) is 7.85. The number of ether oxygens (including phenoxy) is 1. The van der Waals surface area contributed by atoms with Crippen LogP contribution in [0.2, 0.25) is 0 Å². The number of sulfonamides is 1. The van der Waals surface area contributed by atoms with Gasteiger partial charge in [-0.25, -0.2) is 8.42 Å². The highest BCUT2D eigenvalue weighted by Crippen LogP contribution is 2.26. The number of anilines is 1. The van der Waals surface area contributed by atoms with E-state index in [1.165, 1.54) is 24.1 Å². The summed E-state index contributed by atoms with van der Waals surface area (Å²) in [5.41, 5.74) is 2.26. The van der Waals surface area contributed by atoms with Crippen molar-refractivity contribution in [1.29, 1.82) is 0 Å². The number of methoxy groups -OCH3 is 1. The first kappa shape index (κ1) is 30.7. The molecule has 9 heteroatoms. The van der Waals surface area contributed by atoms with E-state index in [4.69, 9.17) is 4.74 Å². The SMILES string of the molecule is CCCNC(=O)C(CC)N(CCc1ccccc1)C(=O)CN(c1ccc(OC)cc1)S(=O)(=O)c1ccc(C)cc1. The number of rotatable bonds is 14. The fraction of sp³-hybridized carbons (Fsp3) is 0.355. The zero-order chi connectivity index (χ0) is 29.1. The molecule has 0 heterocycles. The Balaban J connectivity index is 2.00. The van der Waals surface area contributed by atoms with E-state index in [0.29, 0.717) is 30.8 Å². The maximum Gasteiger partial charge on any atom is 0.264 e. The van der Waals surface area contributed by atoms with E-state index in [1.54, 1.807) is 36.4 Å². The highest BCUT2D eigenvalue weighted by atomic mass is 32.2. The lowest BCUT2D eigenvalue weighted by molar-refractivity contribution is -0.139. The van der Waals surface area contributed by atoms with Gasteiger partial charge in [0.2, 0.25) is 11.8 Å². The quantitative estimate of drug-likeness (QED) is 0.309. The second-order valence-corrected chi connectivity index (χ2v) is 11.4. The third-order valence-corrected chi connectivity index (χ3v) is 8.46. The summed E-state index contributed by atoms with van der Waals surface area (Å²) < 4.78 is 34.1. The number of benzene rings is 3. The highest BCUT2D eigenvalue weighted by molar-refractivity contribution is 7.92. The molecule has 0 saturated carbocycles. The zero-order valence-electron chi connectivity index (χ0n) is 23.7. The summed E-state index contributed by atoms with van der Waals surface area (Å²) in [5.74, 6) is -0.144. The molecule has 0 aliphatic rings. The minimum absolute atomic E-state index is 0.0743. The number of aryl methyl sites for hydroxylation is 1. The number of carbonyl (C=O) groups excluding carboxylic acids is 2. The Labute approximate surface area is 238 Å². The molecule has 0 aromatic heterocycles. The van der Waals surface area contributed by atoms with Gasteiger partial charge in [-0.15, -0.1) is 0 Å². The average Bonchev–Trinajstić information content (AvgIpc) is 2.97. The molecular weight excluding hydrogens is 526 g/mol. The van der Waals surface area contributed by atoms with Crippen LogP contribution < -0.4 is 14.4 Å². The van der Waals surface area contributed by atoms with Crippen LogP contribution in [0.25, 0.3) is 0 Å². The van der Waals surface area contributed by atoms with Crippen LogP contribution in [0, 0.1) is 6.92 Å². The molecule has 0 fully saturated rings. The van der Waals surface area contributed by atoms with Crippen LogP contribution in [0.1, 0.15) is 37.8 Å². The number of hydrogen-bond acceptors (Lipinski definition) is 5. The molecule has 1 atom stereocenters. The van der Waals surface area contributed by atoms with Gasteiger partial charge in [-0.2, -0.15) is 0 Å². The summed E-state index contributed by atoms with van der Waals surface area (Å²) in [5, 5.41) is 2.90. The lowest BCUT2D eigenvalue weighted by Gasteiger charge is -2.33. The minimum atomic E-state index is -4.11. The topological polar surface area (TPSA) is 96.0 Å². The second-order valence-electron chi connectivity index (χ2n) is 9.56. The first-order valence-electron chi connectivity index (χ1n) is 13.6. The Hall–Kier alpha value is -3.85. The maximum atomic E-state index is 14.0. The van der Waals surface area contributed by atoms with E-state index in [0.717, 1.165) is 21.9 Å². The molecule has 0 aliphatic heterocycles. The fourth-order valence-corrected chi connectivity index (χ4v) is 5.79. The molecule has 214 valence electrons. The molecule has 3 rings (SSSR count). The van der Waals surface area contributed by atoms with E-state index in [1.807, 2.05) is 51.1 Å². The van der Waals surface area contributed by atoms with Crippen molar-refractivity contribution in [2.45, 2.75) is 51.0 Å². The lowest BCUT2D eigenvalue weighted by atomic mass is 10.1. The Bertz CT molecular complexity index is 1340. The van der Waals surface area contributed by atoms with E-state index in [-0.39, 0.29) is 17.3 Å². The molecular formula is C31H39N3O5S. The smallest absolute Gasteiger partial charge is 0.264 e. The van der Waals surface area contributed by atoms with Gasteiger partial charge < -0.3 is 15.0 Å². The normalized spacial score (nSPS) is 11.9. The monoisotopic (exact) mass is 565 g/mol. The maximum absolute atomic E-state index is 14.0. The molecule has 0 aliphatic carbocycles. The van der Waals surface area contributed by atoms with Crippen molar-refractivity contribution in [3.63, 3.8) is 0 Å². The molecule has 1 unspecified atom stereocenters. The largest absolute Gasteiger partial charge is 0.497 e. The number of hydrogen-bond donors (Lipinski definition) is 1. The summed E-state index contributed by atoms with van der Waals surface area (Å²) >= 11 is 0. The molecule has 2 amide bonds. The molecule has 0 bridgehead atoms. The molecule has 0 radical (unpaired) electrons. The van der Waals surface area contributed by atoms with Crippen LogP contribution in [-0.4, -0.2) is 57.9 Å². The van der Waals surface area contributed by atoms with Crippen molar-refractivity contribution in [1.82, 2.24) is 10.2 Å². The number of amides is 2.